The highest BCUT2D eigenvalue weighted by Crippen LogP contribution is 2.49. The first-order valence-electron chi connectivity index (χ1n) is 10.4. The van der Waals surface area contributed by atoms with Crippen LogP contribution in [-0.2, 0) is 13.8 Å². The first kappa shape index (κ1) is 22.8. The molecule has 2 heterocycles. The second kappa shape index (κ2) is 9.63. The lowest BCUT2D eigenvalue weighted by molar-refractivity contribution is -0.143. The normalized spacial score (nSPS) is 16.6. The molecule has 1 aromatic carbocycles. The Morgan fingerprint density at radius 1 is 1.25 bits per heavy atom. The second-order valence-corrected chi connectivity index (χ2v) is 11.0. The van der Waals surface area contributed by atoms with Crippen LogP contribution in [0.1, 0.15) is 57.3 Å². The summed E-state index contributed by atoms with van der Waals surface area (Å²) in [5.41, 5.74) is 2.21. The average molecular weight is 477 g/mol. The second-order valence-electron chi connectivity index (χ2n) is 8.03. The fourth-order valence-electron chi connectivity index (χ4n) is 3.80. The Balaban J connectivity index is 1.63. The fraction of sp³-hybridized carbons (Fsp3) is 0.450. The highest BCUT2D eigenvalue weighted by Gasteiger charge is 2.27. The molecule has 170 valence electrons. The van der Waals surface area contributed by atoms with Crippen molar-refractivity contribution in [2.45, 2.75) is 51.5 Å². The van der Waals surface area contributed by atoms with Gasteiger partial charge >= 0.3 is 7.60 Å². The van der Waals surface area contributed by atoms with E-state index >= 15 is 0 Å². The third-order valence-corrected chi connectivity index (χ3v) is 8.02. The van der Waals surface area contributed by atoms with E-state index in [1.807, 2.05) is 4.57 Å². The van der Waals surface area contributed by atoms with E-state index in [0.717, 1.165) is 30.0 Å². The number of hydrogen-bond donors (Lipinski definition) is 2. The Morgan fingerprint density at radius 2 is 1.97 bits per heavy atom. The highest BCUT2D eigenvalue weighted by atomic mass is 31.2. The van der Waals surface area contributed by atoms with E-state index in [0.29, 0.717) is 17.3 Å². The molecule has 0 spiro atoms. The molecule has 1 aliphatic rings. The number of benzene rings is 1. The molecule has 2 aromatic heterocycles. The van der Waals surface area contributed by atoms with Crippen LogP contribution in [0.25, 0.3) is 11.2 Å². The molecule has 0 aliphatic heterocycles. The summed E-state index contributed by atoms with van der Waals surface area (Å²) in [6, 6.07) is 6.79. The minimum atomic E-state index is -3.88. The largest absolute Gasteiger partial charge is 0.422 e. The molecule has 1 unspecified atom stereocenters. The van der Waals surface area contributed by atoms with Crippen LogP contribution in [0.3, 0.4) is 0 Å². The number of hydrogen-bond acceptors (Lipinski definition) is 9. The molecular formula is C20H25N5O5P2. The zero-order valence-corrected chi connectivity index (χ0v) is 19.6. The van der Waals surface area contributed by atoms with Gasteiger partial charge in [-0.2, -0.15) is 0 Å². The van der Waals surface area contributed by atoms with Gasteiger partial charge in [0, 0.05) is 17.6 Å². The number of nitrogens with one attached hydrogen (secondary N) is 1. The Morgan fingerprint density at radius 3 is 2.59 bits per heavy atom. The van der Waals surface area contributed by atoms with Gasteiger partial charge in [-0.15, -0.1) is 4.67 Å². The van der Waals surface area contributed by atoms with Crippen molar-refractivity contribution in [2.24, 2.45) is 0 Å². The molecular weight excluding hydrogens is 452 g/mol. The highest BCUT2D eigenvalue weighted by molar-refractivity contribution is 7.62. The van der Waals surface area contributed by atoms with Crippen LogP contribution in [0.4, 0.5) is 11.5 Å². The number of rotatable bonds is 9. The van der Waals surface area contributed by atoms with Gasteiger partial charge in [0.05, 0.1) is 6.33 Å². The molecule has 32 heavy (non-hydrogen) atoms. The van der Waals surface area contributed by atoms with E-state index < -0.39 is 22.0 Å². The van der Waals surface area contributed by atoms with E-state index in [2.05, 4.69) is 28.8 Å². The van der Waals surface area contributed by atoms with Crippen molar-refractivity contribution in [2.75, 3.05) is 11.2 Å². The maximum Gasteiger partial charge on any atom is 0.417 e. The average Bonchev–Trinajstić information content (AvgIpc) is 3.45. The maximum atomic E-state index is 12.1. The molecule has 1 fully saturated rings. The molecule has 0 bridgehead atoms. The summed E-state index contributed by atoms with van der Waals surface area (Å²) in [4.78, 5) is 14.2. The molecule has 10 nitrogen and oxygen atoms in total. The summed E-state index contributed by atoms with van der Waals surface area (Å²) in [6.45, 7) is 4.18. The number of anilines is 2. The zero-order chi connectivity index (χ0) is 22.7. The summed E-state index contributed by atoms with van der Waals surface area (Å²) in [5, 5.41) is 12.1. The quantitative estimate of drug-likeness (QED) is 0.213. The van der Waals surface area contributed by atoms with E-state index in [1.165, 1.54) is 12.8 Å². The standard InChI is InChI=1S/C20H25N5O5P2/c1-13(2)25-11-21-17-19(23-18(24-20(17)25)14-5-3-4-6-14)22-15-7-9-16(10-8-15)29-32(28,30-26)12-31-27/h7-11,13-14,26H,3-6,12H2,1-2H3,(H,22,23,24). The van der Waals surface area contributed by atoms with Crippen molar-refractivity contribution in [1.82, 2.24) is 19.5 Å². The first-order valence-corrected chi connectivity index (χ1v) is 13.2. The van der Waals surface area contributed by atoms with Crippen LogP contribution in [-0.4, -0.2) is 30.7 Å². The third-order valence-electron chi connectivity index (χ3n) is 5.43. The van der Waals surface area contributed by atoms with Gasteiger partial charge in [0.2, 0.25) is 0 Å². The summed E-state index contributed by atoms with van der Waals surface area (Å²) < 4.78 is 34.0. The van der Waals surface area contributed by atoms with Crippen LogP contribution in [0.5, 0.6) is 5.75 Å². The van der Waals surface area contributed by atoms with Crippen molar-refractivity contribution >= 4 is 38.7 Å². The molecule has 0 radical (unpaired) electrons. The van der Waals surface area contributed by atoms with E-state index in [-0.39, 0.29) is 11.8 Å². The van der Waals surface area contributed by atoms with Gasteiger partial charge < -0.3 is 14.4 Å². The lowest BCUT2D eigenvalue weighted by Gasteiger charge is -2.15. The van der Waals surface area contributed by atoms with Crippen LogP contribution in [0.2, 0.25) is 0 Å². The zero-order valence-electron chi connectivity index (χ0n) is 17.8. The van der Waals surface area contributed by atoms with Crippen molar-refractivity contribution in [3.05, 3.63) is 36.4 Å². The van der Waals surface area contributed by atoms with Gasteiger partial charge in [-0.1, -0.05) is 12.8 Å². The van der Waals surface area contributed by atoms with Crippen molar-refractivity contribution in [1.29, 1.82) is 0 Å². The van der Waals surface area contributed by atoms with Gasteiger partial charge in [0.15, 0.2) is 25.4 Å². The SMILES string of the molecule is CC(C)n1cnc2c(Nc3ccc(OP(=O)(CP=O)OO)cc3)nc(C3CCCC3)nc21. The molecule has 1 atom stereocenters. The van der Waals surface area contributed by atoms with Gasteiger partial charge in [-0.25, -0.2) is 24.8 Å². The first-order chi connectivity index (χ1) is 15.4. The van der Waals surface area contributed by atoms with E-state index in [1.54, 1.807) is 30.6 Å². The summed E-state index contributed by atoms with van der Waals surface area (Å²) in [5.74, 6) is 1.56. The predicted molar refractivity (Wildman–Crippen MR) is 121 cm³/mol. The van der Waals surface area contributed by atoms with Crippen molar-refractivity contribution in [3.63, 3.8) is 0 Å². The summed E-state index contributed by atoms with van der Waals surface area (Å²) in [6.07, 6.45) is 6.33. The Bertz CT molecular complexity index is 1150. The topological polar surface area (TPSA) is 128 Å². The van der Waals surface area contributed by atoms with E-state index in [9.17, 15) is 9.13 Å². The summed E-state index contributed by atoms with van der Waals surface area (Å²) >= 11 is 0. The van der Waals surface area contributed by atoms with E-state index in [4.69, 9.17) is 19.7 Å². The Kier molecular flexibility index (Phi) is 6.86. The number of imidazole rings is 1. The molecule has 12 heteroatoms. The number of aromatic nitrogens is 4. The fourth-order valence-corrected chi connectivity index (χ4v) is 5.28. The van der Waals surface area contributed by atoms with Crippen molar-refractivity contribution in [3.8, 4) is 5.75 Å². The molecule has 1 saturated carbocycles. The Labute approximate surface area is 187 Å². The van der Waals surface area contributed by atoms with Crippen LogP contribution >= 0.6 is 16.1 Å². The molecule has 0 amide bonds. The van der Waals surface area contributed by atoms with Crippen LogP contribution < -0.4 is 9.84 Å². The van der Waals surface area contributed by atoms with Crippen LogP contribution in [0, 0.1) is 0 Å². The summed E-state index contributed by atoms with van der Waals surface area (Å²) in [7, 11) is -4.34. The molecule has 0 saturated heterocycles. The van der Waals surface area contributed by atoms with Crippen molar-refractivity contribution < 1.29 is 23.6 Å². The monoisotopic (exact) mass is 477 g/mol. The molecule has 2 N–H and O–H groups in total. The van der Waals surface area contributed by atoms with Crippen LogP contribution in [0.15, 0.2) is 30.6 Å². The minimum Gasteiger partial charge on any atom is -0.422 e. The molecule has 3 aromatic rings. The lowest BCUT2D eigenvalue weighted by atomic mass is 10.1. The smallest absolute Gasteiger partial charge is 0.417 e. The number of nitrogens with zero attached hydrogens (tertiary/aromatic N) is 4. The maximum absolute atomic E-state index is 12.1. The lowest BCUT2D eigenvalue weighted by Crippen LogP contribution is -2.07. The van der Waals surface area contributed by atoms with Gasteiger partial charge in [0.1, 0.15) is 17.5 Å². The third kappa shape index (κ3) is 4.84. The predicted octanol–water partition coefficient (Wildman–Crippen LogP) is 6.12. The van der Waals surface area contributed by atoms with Gasteiger partial charge in [-0.3, -0.25) is 4.57 Å². The Hall–Kier alpha value is -2.38. The molecule has 4 rings (SSSR count). The minimum absolute atomic E-state index is 0.208. The number of fused-ring (bicyclic) bond motifs is 1. The van der Waals surface area contributed by atoms with Gasteiger partial charge in [0.25, 0.3) is 0 Å². The van der Waals surface area contributed by atoms with Gasteiger partial charge in [-0.05, 0) is 51.0 Å². The molecule has 1 aliphatic carbocycles.